The molecular formula is C14H24O2. The Morgan fingerprint density at radius 1 is 1.00 bits per heavy atom. The maximum atomic E-state index is 10.2. The van der Waals surface area contributed by atoms with E-state index in [-0.39, 0.29) is 0 Å². The molecule has 0 saturated heterocycles. The standard InChI is InChI=1S/C14H24O2/c1-2-3-4-5-6-7-8-9-10-11-12-13-14(15)16/h3-6H,2,7-13H2,1H3,(H,15,16)/b4-3?,6-5-. The lowest BCUT2D eigenvalue weighted by Crippen LogP contribution is -1.93. The van der Waals surface area contributed by atoms with Crippen molar-refractivity contribution in [3.05, 3.63) is 24.3 Å². The van der Waals surface area contributed by atoms with Crippen molar-refractivity contribution in [2.45, 2.75) is 58.3 Å². The normalized spacial score (nSPS) is 11.6. The van der Waals surface area contributed by atoms with Gasteiger partial charge in [-0.25, -0.2) is 0 Å². The number of hydrogen-bond donors (Lipinski definition) is 1. The van der Waals surface area contributed by atoms with Crippen LogP contribution in [0.4, 0.5) is 0 Å². The summed E-state index contributed by atoms with van der Waals surface area (Å²) in [6.07, 6.45) is 16.5. The molecule has 0 aliphatic carbocycles. The maximum Gasteiger partial charge on any atom is 0.303 e. The third-order valence-corrected chi connectivity index (χ3v) is 2.38. The van der Waals surface area contributed by atoms with Crippen LogP contribution < -0.4 is 0 Å². The third kappa shape index (κ3) is 12.9. The van der Waals surface area contributed by atoms with Gasteiger partial charge in [0.25, 0.3) is 0 Å². The first kappa shape index (κ1) is 14.9. The van der Waals surface area contributed by atoms with Crippen LogP contribution in [-0.4, -0.2) is 11.1 Å². The van der Waals surface area contributed by atoms with E-state index >= 15 is 0 Å². The van der Waals surface area contributed by atoms with Crippen LogP contribution in [-0.2, 0) is 4.79 Å². The Labute approximate surface area is 99.1 Å². The Kier molecular flexibility index (Phi) is 11.2. The van der Waals surface area contributed by atoms with Gasteiger partial charge in [-0.05, 0) is 25.7 Å². The molecule has 0 bridgehead atoms. The van der Waals surface area contributed by atoms with Crippen molar-refractivity contribution in [2.75, 3.05) is 0 Å². The topological polar surface area (TPSA) is 37.3 Å². The van der Waals surface area contributed by atoms with Gasteiger partial charge in [0.1, 0.15) is 0 Å². The van der Waals surface area contributed by atoms with E-state index in [0.717, 1.165) is 32.1 Å². The molecule has 0 aromatic heterocycles. The number of unbranched alkanes of at least 4 members (excludes halogenated alkanes) is 5. The van der Waals surface area contributed by atoms with Crippen LogP contribution in [0, 0.1) is 0 Å². The van der Waals surface area contributed by atoms with Crippen LogP contribution in [0.25, 0.3) is 0 Å². The molecule has 0 rings (SSSR count). The number of hydrogen-bond acceptors (Lipinski definition) is 1. The van der Waals surface area contributed by atoms with Gasteiger partial charge < -0.3 is 5.11 Å². The molecule has 0 fully saturated rings. The summed E-state index contributed by atoms with van der Waals surface area (Å²) in [6, 6.07) is 0. The number of allylic oxidation sites excluding steroid dienone is 4. The lowest BCUT2D eigenvalue weighted by atomic mass is 10.1. The second kappa shape index (κ2) is 12.0. The zero-order valence-corrected chi connectivity index (χ0v) is 10.3. The maximum absolute atomic E-state index is 10.2. The van der Waals surface area contributed by atoms with E-state index in [1.165, 1.54) is 12.8 Å². The largest absolute Gasteiger partial charge is 0.481 e. The minimum atomic E-state index is -0.675. The van der Waals surface area contributed by atoms with Gasteiger partial charge in [0.05, 0.1) is 0 Å². The predicted octanol–water partition coefficient (Wildman–Crippen LogP) is 4.32. The fraction of sp³-hybridized carbons (Fsp3) is 0.643. The third-order valence-electron chi connectivity index (χ3n) is 2.38. The van der Waals surface area contributed by atoms with E-state index in [0.29, 0.717) is 6.42 Å². The number of carboxylic acids is 1. The minimum Gasteiger partial charge on any atom is -0.481 e. The summed E-state index contributed by atoms with van der Waals surface area (Å²) in [5.41, 5.74) is 0. The van der Waals surface area contributed by atoms with Gasteiger partial charge in [0.2, 0.25) is 0 Å². The van der Waals surface area contributed by atoms with Gasteiger partial charge in [0.15, 0.2) is 0 Å². The molecule has 0 aromatic carbocycles. The first-order valence-electron chi connectivity index (χ1n) is 6.30. The van der Waals surface area contributed by atoms with Crippen LogP contribution in [0.3, 0.4) is 0 Å². The first-order chi connectivity index (χ1) is 7.77. The quantitative estimate of drug-likeness (QED) is 0.443. The molecular weight excluding hydrogens is 200 g/mol. The highest BCUT2D eigenvalue weighted by Gasteiger charge is 1.95. The average molecular weight is 224 g/mol. The molecule has 0 amide bonds. The summed E-state index contributed by atoms with van der Waals surface area (Å²) in [5.74, 6) is -0.675. The monoisotopic (exact) mass is 224 g/mol. The van der Waals surface area contributed by atoms with Crippen LogP contribution >= 0.6 is 0 Å². The number of rotatable bonds is 10. The van der Waals surface area contributed by atoms with Crippen molar-refractivity contribution in [1.82, 2.24) is 0 Å². The van der Waals surface area contributed by atoms with Crippen LogP contribution in [0.1, 0.15) is 58.3 Å². The SMILES string of the molecule is CCC=C/C=C\CCCCCCCC(=O)O. The Balaban J connectivity index is 3.12. The number of carbonyl (C=O) groups is 1. The smallest absolute Gasteiger partial charge is 0.303 e. The summed E-state index contributed by atoms with van der Waals surface area (Å²) < 4.78 is 0. The summed E-state index contributed by atoms with van der Waals surface area (Å²) in [7, 11) is 0. The van der Waals surface area contributed by atoms with Crippen molar-refractivity contribution in [2.24, 2.45) is 0 Å². The van der Waals surface area contributed by atoms with E-state index in [2.05, 4.69) is 31.2 Å². The molecule has 2 heteroatoms. The molecule has 0 spiro atoms. The van der Waals surface area contributed by atoms with Crippen molar-refractivity contribution in [3.8, 4) is 0 Å². The molecule has 92 valence electrons. The average Bonchev–Trinajstić information content (AvgIpc) is 2.25. The fourth-order valence-corrected chi connectivity index (χ4v) is 1.46. The summed E-state index contributed by atoms with van der Waals surface area (Å²) in [5, 5.41) is 8.44. The van der Waals surface area contributed by atoms with Crippen LogP contribution in [0.2, 0.25) is 0 Å². The van der Waals surface area contributed by atoms with Gasteiger partial charge in [-0.15, -0.1) is 0 Å². The fourth-order valence-electron chi connectivity index (χ4n) is 1.46. The lowest BCUT2D eigenvalue weighted by Gasteiger charge is -1.97. The highest BCUT2D eigenvalue weighted by atomic mass is 16.4. The summed E-state index contributed by atoms with van der Waals surface area (Å²) in [6.45, 7) is 2.13. The molecule has 0 saturated carbocycles. The van der Waals surface area contributed by atoms with Crippen molar-refractivity contribution < 1.29 is 9.90 Å². The highest BCUT2D eigenvalue weighted by molar-refractivity contribution is 5.66. The zero-order chi connectivity index (χ0) is 12.1. The van der Waals surface area contributed by atoms with Gasteiger partial charge in [-0.1, -0.05) is 50.5 Å². The Bertz CT molecular complexity index is 217. The Hall–Kier alpha value is -1.05. The zero-order valence-electron chi connectivity index (χ0n) is 10.3. The molecule has 0 unspecified atom stereocenters. The second-order valence-electron chi connectivity index (χ2n) is 3.96. The van der Waals surface area contributed by atoms with Crippen molar-refractivity contribution in [3.63, 3.8) is 0 Å². The van der Waals surface area contributed by atoms with E-state index in [1.807, 2.05) is 0 Å². The lowest BCUT2D eigenvalue weighted by molar-refractivity contribution is -0.137. The summed E-state index contributed by atoms with van der Waals surface area (Å²) >= 11 is 0. The number of carboxylic acid groups (broad SMARTS) is 1. The molecule has 2 nitrogen and oxygen atoms in total. The van der Waals surface area contributed by atoms with E-state index in [9.17, 15) is 4.79 Å². The van der Waals surface area contributed by atoms with E-state index < -0.39 is 5.97 Å². The molecule has 16 heavy (non-hydrogen) atoms. The molecule has 0 aliphatic heterocycles. The van der Waals surface area contributed by atoms with Crippen LogP contribution in [0.5, 0.6) is 0 Å². The van der Waals surface area contributed by atoms with Crippen molar-refractivity contribution >= 4 is 5.97 Å². The molecule has 1 N–H and O–H groups in total. The molecule has 0 atom stereocenters. The van der Waals surface area contributed by atoms with Gasteiger partial charge in [0, 0.05) is 6.42 Å². The highest BCUT2D eigenvalue weighted by Crippen LogP contribution is 2.07. The van der Waals surface area contributed by atoms with E-state index in [1.54, 1.807) is 0 Å². The van der Waals surface area contributed by atoms with Crippen LogP contribution in [0.15, 0.2) is 24.3 Å². The number of aliphatic carboxylic acids is 1. The molecule has 0 aliphatic rings. The summed E-state index contributed by atoms with van der Waals surface area (Å²) in [4.78, 5) is 10.2. The predicted molar refractivity (Wildman–Crippen MR) is 68.5 cm³/mol. The Morgan fingerprint density at radius 2 is 1.62 bits per heavy atom. The van der Waals surface area contributed by atoms with Gasteiger partial charge in [-0.3, -0.25) is 4.79 Å². The molecule has 0 heterocycles. The Morgan fingerprint density at radius 3 is 2.31 bits per heavy atom. The van der Waals surface area contributed by atoms with Gasteiger partial charge in [-0.2, -0.15) is 0 Å². The van der Waals surface area contributed by atoms with Gasteiger partial charge >= 0.3 is 5.97 Å². The van der Waals surface area contributed by atoms with Crippen molar-refractivity contribution in [1.29, 1.82) is 0 Å². The minimum absolute atomic E-state index is 0.321. The molecule has 0 aromatic rings. The molecule has 0 radical (unpaired) electrons. The first-order valence-corrected chi connectivity index (χ1v) is 6.30. The second-order valence-corrected chi connectivity index (χ2v) is 3.96. The van der Waals surface area contributed by atoms with E-state index in [4.69, 9.17) is 5.11 Å².